The summed E-state index contributed by atoms with van der Waals surface area (Å²) in [4.78, 5) is 24.5. The van der Waals surface area contributed by atoms with Crippen LogP contribution in [0.5, 0.6) is 0 Å². The van der Waals surface area contributed by atoms with Crippen molar-refractivity contribution in [2.75, 3.05) is 11.9 Å². The van der Waals surface area contributed by atoms with Gasteiger partial charge in [-0.15, -0.1) is 0 Å². The molecule has 0 aromatic heterocycles. The highest BCUT2D eigenvalue weighted by Crippen LogP contribution is 2.24. The van der Waals surface area contributed by atoms with Crippen molar-refractivity contribution in [1.29, 1.82) is 0 Å². The molecule has 0 saturated heterocycles. The lowest BCUT2D eigenvalue weighted by atomic mass is 9.85. The summed E-state index contributed by atoms with van der Waals surface area (Å²) in [5, 5.41) is 2.81. The lowest BCUT2D eigenvalue weighted by molar-refractivity contribution is -0.152. The smallest absolute Gasteiger partial charge is 0.316 e. The molecule has 0 bridgehead atoms. The van der Waals surface area contributed by atoms with Gasteiger partial charge in [0.05, 0.1) is 5.41 Å². The number of carbonyl (C=O) groups is 2. The van der Waals surface area contributed by atoms with Gasteiger partial charge in [0.15, 0.2) is 6.61 Å². The van der Waals surface area contributed by atoms with Crippen molar-refractivity contribution in [3.05, 3.63) is 65.2 Å². The van der Waals surface area contributed by atoms with Gasteiger partial charge in [-0.1, -0.05) is 48.5 Å². The molecule has 4 heteroatoms. The van der Waals surface area contributed by atoms with Gasteiger partial charge < -0.3 is 10.1 Å². The lowest BCUT2D eigenvalue weighted by Gasteiger charge is -2.23. The fraction of sp³-hybridized carbons (Fsp3) is 0.300. The highest BCUT2D eigenvalue weighted by atomic mass is 16.5. The van der Waals surface area contributed by atoms with Gasteiger partial charge in [-0.05, 0) is 44.4 Å². The maximum atomic E-state index is 12.4. The predicted molar refractivity (Wildman–Crippen MR) is 95.0 cm³/mol. The van der Waals surface area contributed by atoms with E-state index >= 15 is 0 Å². The monoisotopic (exact) mass is 325 g/mol. The Labute approximate surface area is 142 Å². The molecule has 1 amide bonds. The van der Waals surface area contributed by atoms with E-state index in [4.69, 9.17) is 4.74 Å². The number of rotatable bonds is 5. The molecule has 1 N–H and O–H groups in total. The van der Waals surface area contributed by atoms with E-state index in [1.807, 2.05) is 62.4 Å². The largest absolute Gasteiger partial charge is 0.455 e. The number of para-hydroxylation sites is 1. The standard InChI is InChI=1S/C20H23NO3/c1-14-9-8-10-15(2)18(14)21-17(22)13-24-19(23)20(3,4)16-11-6-5-7-12-16/h5-12H,13H2,1-4H3,(H,21,22). The molecular formula is C20H23NO3. The zero-order valence-electron chi connectivity index (χ0n) is 14.6. The molecule has 4 nitrogen and oxygen atoms in total. The molecule has 0 aliphatic rings. The molecule has 2 aromatic rings. The Morgan fingerprint density at radius 2 is 1.54 bits per heavy atom. The Balaban J connectivity index is 1.98. The first-order chi connectivity index (χ1) is 11.3. The van der Waals surface area contributed by atoms with Crippen molar-refractivity contribution in [2.45, 2.75) is 33.1 Å². The first-order valence-electron chi connectivity index (χ1n) is 7.91. The van der Waals surface area contributed by atoms with Crippen LogP contribution in [0.3, 0.4) is 0 Å². The highest BCUT2D eigenvalue weighted by molar-refractivity contribution is 5.95. The molecule has 0 saturated carbocycles. The highest BCUT2D eigenvalue weighted by Gasteiger charge is 2.31. The van der Waals surface area contributed by atoms with Crippen molar-refractivity contribution >= 4 is 17.6 Å². The van der Waals surface area contributed by atoms with Crippen molar-refractivity contribution in [3.63, 3.8) is 0 Å². The predicted octanol–water partition coefficient (Wildman–Crippen LogP) is 3.76. The Hall–Kier alpha value is -2.62. The molecule has 2 rings (SSSR count). The Bertz CT molecular complexity index is 716. The van der Waals surface area contributed by atoms with Crippen molar-refractivity contribution in [1.82, 2.24) is 0 Å². The summed E-state index contributed by atoms with van der Waals surface area (Å²) in [5.41, 5.74) is 2.75. The van der Waals surface area contributed by atoms with Gasteiger partial charge in [0.1, 0.15) is 0 Å². The summed E-state index contributed by atoms with van der Waals surface area (Å²) < 4.78 is 5.22. The SMILES string of the molecule is Cc1cccc(C)c1NC(=O)COC(=O)C(C)(C)c1ccccc1. The number of benzene rings is 2. The first kappa shape index (κ1) is 17.7. The second-order valence-corrected chi connectivity index (χ2v) is 6.38. The van der Waals surface area contributed by atoms with Gasteiger partial charge in [-0.3, -0.25) is 9.59 Å². The number of carbonyl (C=O) groups excluding carboxylic acids is 2. The number of aryl methyl sites for hydroxylation is 2. The molecule has 0 aliphatic carbocycles. The van der Waals surface area contributed by atoms with E-state index < -0.39 is 11.4 Å². The summed E-state index contributed by atoms with van der Waals surface area (Å²) in [6.07, 6.45) is 0. The van der Waals surface area contributed by atoms with Gasteiger partial charge in [0.2, 0.25) is 0 Å². The van der Waals surface area contributed by atoms with E-state index in [1.54, 1.807) is 13.8 Å². The molecule has 0 fully saturated rings. The Kier molecular flexibility index (Phi) is 5.39. The molecule has 2 aromatic carbocycles. The number of hydrogen-bond donors (Lipinski definition) is 1. The van der Waals surface area contributed by atoms with Crippen molar-refractivity contribution in [3.8, 4) is 0 Å². The summed E-state index contributed by atoms with van der Waals surface area (Å²) in [6.45, 7) is 7.12. The van der Waals surface area contributed by atoms with Gasteiger partial charge in [-0.2, -0.15) is 0 Å². The second kappa shape index (κ2) is 7.30. The van der Waals surface area contributed by atoms with Crippen LogP contribution in [0.25, 0.3) is 0 Å². The lowest BCUT2D eigenvalue weighted by Crippen LogP contribution is -2.33. The van der Waals surface area contributed by atoms with Crippen LogP contribution in [0.4, 0.5) is 5.69 Å². The van der Waals surface area contributed by atoms with Crippen molar-refractivity contribution in [2.24, 2.45) is 0 Å². The number of esters is 1. The number of hydrogen-bond acceptors (Lipinski definition) is 3. The summed E-state index contributed by atoms with van der Waals surface area (Å²) >= 11 is 0. The van der Waals surface area contributed by atoms with Gasteiger partial charge in [0.25, 0.3) is 5.91 Å². The van der Waals surface area contributed by atoms with Crippen LogP contribution in [0.2, 0.25) is 0 Å². The fourth-order valence-corrected chi connectivity index (χ4v) is 2.47. The van der Waals surface area contributed by atoms with Crippen LogP contribution in [0.1, 0.15) is 30.5 Å². The van der Waals surface area contributed by atoms with E-state index in [0.717, 1.165) is 22.4 Å². The normalized spacial score (nSPS) is 11.0. The third-order valence-electron chi connectivity index (χ3n) is 4.09. The first-order valence-corrected chi connectivity index (χ1v) is 7.91. The van der Waals surface area contributed by atoms with Gasteiger partial charge in [-0.25, -0.2) is 0 Å². The van der Waals surface area contributed by atoms with E-state index in [-0.39, 0.29) is 12.5 Å². The molecule has 0 atom stereocenters. The van der Waals surface area contributed by atoms with Crippen LogP contribution in [-0.2, 0) is 19.7 Å². The number of nitrogens with one attached hydrogen (secondary N) is 1. The minimum absolute atomic E-state index is 0.303. The topological polar surface area (TPSA) is 55.4 Å². The third-order valence-corrected chi connectivity index (χ3v) is 4.09. The Morgan fingerprint density at radius 3 is 2.12 bits per heavy atom. The second-order valence-electron chi connectivity index (χ2n) is 6.38. The fourth-order valence-electron chi connectivity index (χ4n) is 2.47. The Morgan fingerprint density at radius 1 is 0.958 bits per heavy atom. The van der Waals surface area contributed by atoms with E-state index in [9.17, 15) is 9.59 Å². The zero-order valence-corrected chi connectivity index (χ0v) is 14.6. The summed E-state index contributed by atoms with van der Waals surface area (Å²) in [5.74, 6) is -0.769. The van der Waals surface area contributed by atoms with Crippen molar-refractivity contribution < 1.29 is 14.3 Å². The van der Waals surface area contributed by atoms with Crippen LogP contribution in [0, 0.1) is 13.8 Å². The number of anilines is 1. The molecule has 0 spiro atoms. The average molecular weight is 325 g/mol. The molecule has 24 heavy (non-hydrogen) atoms. The minimum Gasteiger partial charge on any atom is -0.455 e. The molecule has 126 valence electrons. The van der Waals surface area contributed by atoms with Crippen LogP contribution < -0.4 is 5.32 Å². The summed E-state index contributed by atoms with van der Waals surface area (Å²) in [7, 11) is 0. The van der Waals surface area contributed by atoms with E-state index in [1.165, 1.54) is 0 Å². The average Bonchev–Trinajstić information content (AvgIpc) is 2.57. The molecule has 0 radical (unpaired) electrons. The molecular weight excluding hydrogens is 302 g/mol. The maximum absolute atomic E-state index is 12.4. The minimum atomic E-state index is -0.805. The van der Waals surface area contributed by atoms with Crippen LogP contribution >= 0.6 is 0 Å². The molecule has 0 unspecified atom stereocenters. The van der Waals surface area contributed by atoms with E-state index in [0.29, 0.717) is 0 Å². The van der Waals surface area contributed by atoms with Crippen LogP contribution in [0.15, 0.2) is 48.5 Å². The zero-order chi connectivity index (χ0) is 17.7. The van der Waals surface area contributed by atoms with Gasteiger partial charge >= 0.3 is 5.97 Å². The number of amides is 1. The summed E-state index contributed by atoms with van der Waals surface area (Å²) in [6, 6.07) is 15.2. The van der Waals surface area contributed by atoms with Crippen LogP contribution in [-0.4, -0.2) is 18.5 Å². The number of ether oxygens (including phenoxy) is 1. The third kappa shape index (κ3) is 4.02. The quantitative estimate of drug-likeness (QED) is 0.852. The van der Waals surface area contributed by atoms with Gasteiger partial charge in [0, 0.05) is 5.69 Å². The van der Waals surface area contributed by atoms with E-state index in [2.05, 4.69) is 5.32 Å². The molecule has 0 heterocycles. The maximum Gasteiger partial charge on any atom is 0.316 e. The molecule has 0 aliphatic heterocycles.